The van der Waals surface area contributed by atoms with Gasteiger partial charge in [-0.25, -0.2) is 0 Å². The van der Waals surface area contributed by atoms with E-state index in [1.807, 2.05) is 85.8 Å². The van der Waals surface area contributed by atoms with Gasteiger partial charge in [0, 0.05) is 6.04 Å². The molecule has 0 aromatic heterocycles. The molecule has 0 saturated carbocycles. The molecule has 0 fully saturated rings. The molecule has 3 rings (SSSR count). The van der Waals surface area contributed by atoms with Crippen LogP contribution in [0, 0.1) is 0 Å². The van der Waals surface area contributed by atoms with Crippen LogP contribution in [0.3, 0.4) is 0 Å². The van der Waals surface area contributed by atoms with Crippen LogP contribution >= 0.6 is 0 Å². The second kappa shape index (κ2) is 8.92. The van der Waals surface area contributed by atoms with Gasteiger partial charge in [0.05, 0.1) is 0 Å². The Kier molecular flexibility index (Phi) is 6.12. The van der Waals surface area contributed by atoms with E-state index in [4.69, 9.17) is 19.9 Å². The SMILES string of the molecule is CC(N)COc1ccc(Oc2ccc(OCc3ccccc3)cc2)cc1. The second-order valence-electron chi connectivity index (χ2n) is 6.11. The lowest BCUT2D eigenvalue weighted by Gasteiger charge is -2.10. The van der Waals surface area contributed by atoms with Crippen LogP contribution < -0.4 is 19.9 Å². The highest BCUT2D eigenvalue weighted by Gasteiger charge is 2.01. The number of ether oxygens (including phenoxy) is 3. The average molecular weight is 349 g/mol. The highest BCUT2D eigenvalue weighted by atomic mass is 16.5. The van der Waals surface area contributed by atoms with E-state index in [-0.39, 0.29) is 6.04 Å². The molecule has 0 aliphatic rings. The number of rotatable bonds is 8. The molecule has 0 spiro atoms. The van der Waals surface area contributed by atoms with Gasteiger partial charge in [0.1, 0.15) is 36.2 Å². The Bertz CT molecular complexity index is 784. The van der Waals surface area contributed by atoms with Gasteiger partial charge < -0.3 is 19.9 Å². The van der Waals surface area contributed by atoms with Gasteiger partial charge in [-0.05, 0) is 61.0 Å². The van der Waals surface area contributed by atoms with Gasteiger partial charge in [-0.1, -0.05) is 30.3 Å². The van der Waals surface area contributed by atoms with Gasteiger partial charge in [-0.15, -0.1) is 0 Å². The lowest BCUT2D eigenvalue weighted by Crippen LogP contribution is -2.23. The largest absolute Gasteiger partial charge is 0.492 e. The summed E-state index contributed by atoms with van der Waals surface area (Å²) in [6.45, 7) is 2.94. The zero-order chi connectivity index (χ0) is 18.2. The average Bonchev–Trinajstić information content (AvgIpc) is 2.68. The fourth-order valence-electron chi connectivity index (χ4n) is 2.31. The molecule has 0 aliphatic carbocycles. The Morgan fingerprint density at radius 3 is 1.73 bits per heavy atom. The van der Waals surface area contributed by atoms with Crippen molar-refractivity contribution in [1.82, 2.24) is 0 Å². The zero-order valence-corrected chi connectivity index (χ0v) is 14.8. The summed E-state index contributed by atoms with van der Waals surface area (Å²) >= 11 is 0. The maximum Gasteiger partial charge on any atom is 0.127 e. The summed E-state index contributed by atoms with van der Waals surface area (Å²) in [5.74, 6) is 3.08. The Labute approximate surface area is 154 Å². The first-order valence-corrected chi connectivity index (χ1v) is 8.62. The van der Waals surface area contributed by atoms with Gasteiger partial charge >= 0.3 is 0 Å². The lowest BCUT2D eigenvalue weighted by molar-refractivity contribution is 0.296. The van der Waals surface area contributed by atoms with Crippen LogP contribution in [0.2, 0.25) is 0 Å². The minimum Gasteiger partial charge on any atom is -0.492 e. The normalized spacial score (nSPS) is 11.6. The van der Waals surface area contributed by atoms with Crippen molar-refractivity contribution < 1.29 is 14.2 Å². The maximum absolute atomic E-state index is 5.84. The van der Waals surface area contributed by atoms with Crippen molar-refractivity contribution in [3.05, 3.63) is 84.4 Å². The van der Waals surface area contributed by atoms with Gasteiger partial charge in [-0.2, -0.15) is 0 Å². The van der Waals surface area contributed by atoms with Crippen molar-refractivity contribution in [1.29, 1.82) is 0 Å². The summed E-state index contributed by atoms with van der Waals surface area (Å²) in [7, 11) is 0. The Hall–Kier alpha value is -2.98. The summed E-state index contributed by atoms with van der Waals surface area (Å²) in [6, 6.07) is 25.2. The standard InChI is InChI=1S/C22H23NO3/c1-17(23)15-24-19-7-11-21(12-8-19)26-22-13-9-20(10-14-22)25-16-18-5-3-2-4-6-18/h2-14,17H,15-16,23H2,1H3. The smallest absolute Gasteiger partial charge is 0.127 e. The van der Waals surface area contributed by atoms with Crippen LogP contribution in [0.1, 0.15) is 12.5 Å². The quantitative estimate of drug-likeness (QED) is 0.636. The number of hydrogen-bond donors (Lipinski definition) is 1. The molecule has 0 saturated heterocycles. The molecular formula is C22H23NO3. The topological polar surface area (TPSA) is 53.7 Å². The molecule has 2 N–H and O–H groups in total. The second-order valence-corrected chi connectivity index (χ2v) is 6.11. The van der Waals surface area contributed by atoms with E-state index in [1.165, 1.54) is 0 Å². The van der Waals surface area contributed by atoms with Crippen molar-refractivity contribution in [2.75, 3.05) is 6.61 Å². The van der Waals surface area contributed by atoms with E-state index in [1.54, 1.807) is 0 Å². The molecule has 3 aromatic rings. The van der Waals surface area contributed by atoms with Crippen LogP contribution in [0.5, 0.6) is 23.0 Å². The number of nitrogens with two attached hydrogens (primary N) is 1. The molecule has 0 aliphatic heterocycles. The number of benzene rings is 3. The van der Waals surface area contributed by atoms with E-state index in [9.17, 15) is 0 Å². The fourth-order valence-corrected chi connectivity index (χ4v) is 2.31. The summed E-state index contributed by atoms with van der Waals surface area (Å²) < 4.78 is 17.2. The highest BCUT2D eigenvalue weighted by Crippen LogP contribution is 2.26. The van der Waals surface area contributed by atoms with Crippen LogP contribution in [-0.4, -0.2) is 12.6 Å². The first-order chi connectivity index (χ1) is 12.7. The monoisotopic (exact) mass is 349 g/mol. The molecule has 1 atom stereocenters. The van der Waals surface area contributed by atoms with E-state index >= 15 is 0 Å². The lowest BCUT2D eigenvalue weighted by atomic mass is 10.2. The number of hydrogen-bond acceptors (Lipinski definition) is 4. The first kappa shape index (κ1) is 17.8. The predicted octanol–water partition coefficient (Wildman–Crippen LogP) is 4.78. The maximum atomic E-state index is 5.84. The molecule has 0 radical (unpaired) electrons. The van der Waals surface area contributed by atoms with Gasteiger partial charge in [0.2, 0.25) is 0 Å². The summed E-state index contributed by atoms with van der Waals surface area (Å²) in [4.78, 5) is 0. The molecule has 0 bridgehead atoms. The molecular weight excluding hydrogens is 326 g/mol. The molecule has 0 heterocycles. The molecule has 0 amide bonds. The minimum absolute atomic E-state index is 0.00792. The summed E-state index contributed by atoms with van der Waals surface area (Å²) in [5, 5.41) is 0. The van der Waals surface area contributed by atoms with Crippen molar-refractivity contribution in [2.45, 2.75) is 19.6 Å². The summed E-state index contributed by atoms with van der Waals surface area (Å²) in [5.41, 5.74) is 6.82. The Balaban J connectivity index is 1.52. The van der Waals surface area contributed by atoms with E-state index in [0.717, 1.165) is 28.6 Å². The van der Waals surface area contributed by atoms with Crippen LogP contribution in [-0.2, 0) is 6.61 Å². The Morgan fingerprint density at radius 1 is 0.692 bits per heavy atom. The van der Waals surface area contributed by atoms with Crippen molar-refractivity contribution in [3.63, 3.8) is 0 Å². The molecule has 4 nitrogen and oxygen atoms in total. The van der Waals surface area contributed by atoms with Crippen LogP contribution in [0.25, 0.3) is 0 Å². The molecule has 26 heavy (non-hydrogen) atoms. The molecule has 3 aromatic carbocycles. The third kappa shape index (κ3) is 5.53. The molecule has 4 heteroatoms. The van der Waals surface area contributed by atoms with Crippen molar-refractivity contribution >= 4 is 0 Å². The van der Waals surface area contributed by atoms with Gasteiger partial charge in [0.25, 0.3) is 0 Å². The van der Waals surface area contributed by atoms with Gasteiger partial charge in [0.15, 0.2) is 0 Å². The van der Waals surface area contributed by atoms with E-state index in [0.29, 0.717) is 13.2 Å². The zero-order valence-electron chi connectivity index (χ0n) is 14.8. The van der Waals surface area contributed by atoms with Crippen molar-refractivity contribution in [3.8, 4) is 23.0 Å². The first-order valence-electron chi connectivity index (χ1n) is 8.62. The van der Waals surface area contributed by atoms with Crippen LogP contribution in [0.15, 0.2) is 78.9 Å². The molecule has 134 valence electrons. The van der Waals surface area contributed by atoms with Crippen molar-refractivity contribution in [2.24, 2.45) is 5.73 Å². The Morgan fingerprint density at radius 2 is 1.19 bits per heavy atom. The van der Waals surface area contributed by atoms with E-state index in [2.05, 4.69) is 0 Å². The summed E-state index contributed by atoms with van der Waals surface area (Å²) in [6.07, 6.45) is 0. The fraction of sp³-hybridized carbons (Fsp3) is 0.182. The molecule has 1 unspecified atom stereocenters. The third-order valence-corrected chi connectivity index (χ3v) is 3.64. The van der Waals surface area contributed by atoms with Crippen LogP contribution in [0.4, 0.5) is 0 Å². The predicted molar refractivity (Wildman–Crippen MR) is 103 cm³/mol. The minimum atomic E-state index is 0.00792. The highest BCUT2D eigenvalue weighted by molar-refractivity contribution is 5.37. The third-order valence-electron chi connectivity index (χ3n) is 3.64. The van der Waals surface area contributed by atoms with E-state index < -0.39 is 0 Å². The van der Waals surface area contributed by atoms with Gasteiger partial charge in [-0.3, -0.25) is 0 Å².